The van der Waals surface area contributed by atoms with Gasteiger partial charge in [-0.05, 0) is 37.5 Å². The fourth-order valence-electron chi connectivity index (χ4n) is 1.51. The number of hydrogen-bond acceptors (Lipinski definition) is 2. The van der Waals surface area contributed by atoms with Crippen LogP contribution >= 0.6 is 0 Å². The Hall–Kier alpha value is -1.44. The highest BCUT2D eigenvalue weighted by Crippen LogP contribution is 2.13. The molecule has 2 nitrogen and oxygen atoms in total. The lowest BCUT2D eigenvalue weighted by molar-refractivity contribution is 0.103. The van der Waals surface area contributed by atoms with Crippen molar-refractivity contribution in [2.45, 2.75) is 39.5 Å². The first kappa shape index (κ1) is 12.6. The molecule has 0 unspecified atom stereocenters. The van der Waals surface area contributed by atoms with Gasteiger partial charge in [-0.2, -0.15) is 0 Å². The topological polar surface area (TPSA) is 30.0 Å². The van der Waals surface area contributed by atoms with Crippen LogP contribution in [-0.2, 0) is 0 Å². The molecule has 0 aliphatic carbocycles. The smallest absolute Gasteiger partial charge is 0.189 e. The van der Waals surface area contributed by atoms with Crippen LogP contribution in [0.5, 0.6) is 0 Å². The fraction of sp³-hybridized carbons (Fsp3) is 0.429. The molecule has 0 radical (unpaired) electrons. The van der Waals surface area contributed by atoms with Gasteiger partial charge in [-0.25, -0.2) is 0 Å². The zero-order valence-corrected chi connectivity index (χ0v) is 10.1. The van der Waals surface area contributed by atoms with Gasteiger partial charge in [0.05, 0.1) is 0 Å². The Balaban J connectivity index is 2.57. The van der Waals surface area contributed by atoms with Gasteiger partial charge < -0.3 is 0 Å². The Morgan fingerprint density at radius 2 is 2.12 bits per heavy atom. The van der Waals surface area contributed by atoms with Crippen molar-refractivity contribution in [1.29, 1.82) is 0 Å². The number of nitrogens with zero attached hydrogens (tertiary/aromatic N) is 1. The number of hydrogen-bond donors (Lipinski definition) is 0. The van der Waals surface area contributed by atoms with E-state index in [0.717, 1.165) is 31.4 Å². The standard InChI is InChI=1S/C14H19NO/c1-4-5-6-7-11(2)14(16)13-9-8-12(3)15-10-13/h8-10H,2,4-7H2,1,3H3. The van der Waals surface area contributed by atoms with Crippen LogP contribution in [0.3, 0.4) is 0 Å². The van der Waals surface area contributed by atoms with Crippen LogP contribution in [0.1, 0.15) is 48.7 Å². The minimum absolute atomic E-state index is 0.0311. The van der Waals surface area contributed by atoms with Crippen LogP contribution in [0, 0.1) is 6.92 Å². The van der Waals surface area contributed by atoms with Crippen molar-refractivity contribution in [2.24, 2.45) is 0 Å². The molecule has 0 amide bonds. The van der Waals surface area contributed by atoms with Gasteiger partial charge in [0.1, 0.15) is 0 Å². The summed E-state index contributed by atoms with van der Waals surface area (Å²) in [6, 6.07) is 3.67. The summed E-state index contributed by atoms with van der Waals surface area (Å²) in [5.41, 5.74) is 2.26. The SMILES string of the molecule is C=C(CCCCC)C(=O)c1ccc(C)nc1. The Kier molecular flexibility index (Phi) is 4.90. The first-order chi connectivity index (χ1) is 7.65. The summed E-state index contributed by atoms with van der Waals surface area (Å²) in [6.07, 6.45) is 5.77. The number of carbonyl (C=O) groups excluding carboxylic acids is 1. The van der Waals surface area contributed by atoms with Gasteiger partial charge in [-0.3, -0.25) is 9.78 Å². The molecule has 16 heavy (non-hydrogen) atoms. The summed E-state index contributed by atoms with van der Waals surface area (Å²) >= 11 is 0. The molecule has 0 aliphatic heterocycles. The molecule has 0 N–H and O–H groups in total. The van der Waals surface area contributed by atoms with E-state index in [9.17, 15) is 4.79 Å². The average molecular weight is 217 g/mol. The number of Topliss-reactive ketones (excluding diaryl/α,β-unsaturated/α-hetero) is 1. The van der Waals surface area contributed by atoms with Gasteiger partial charge in [0.25, 0.3) is 0 Å². The van der Waals surface area contributed by atoms with E-state index in [-0.39, 0.29) is 5.78 Å². The van der Waals surface area contributed by atoms with Crippen LogP contribution in [0.2, 0.25) is 0 Å². The third-order valence-corrected chi connectivity index (χ3v) is 2.58. The highest BCUT2D eigenvalue weighted by molar-refractivity contribution is 6.08. The van der Waals surface area contributed by atoms with Crippen LogP contribution in [0.4, 0.5) is 0 Å². The van der Waals surface area contributed by atoms with Gasteiger partial charge in [-0.15, -0.1) is 0 Å². The predicted octanol–water partition coefficient (Wildman–Crippen LogP) is 3.71. The van der Waals surface area contributed by atoms with Gasteiger partial charge in [0.15, 0.2) is 5.78 Å². The Morgan fingerprint density at radius 1 is 1.38 bits per heavy atom. The highest BCUT2D eigenvalue weighted by Gasteiger charge is 2.09. The Labute approximate surface area is 97.4 Å². The van der Waals surface area contributed by atoms with E-state index in [1.165, 1.54) is 0 Å². The first-order valence-corrected chi connectivity index (χ1v) is 5.80. The molecule has 86 valence electrons. The maximum Gasteiger partial charge on any atom is 0.189 e. The number of aromatic nitrogens is 1. The molecule has 0 fully saturated rings. The van der Waals surface area contributed by atoms with Crippen molar-refractivity contribution in [3.63, 3.8) is 0 Å². The molecule has 0 atom stereocenters. The van der Waals surface area contributed by atoms with E-state index in [1.807, 2.05) is 19.1 Å². The third-order valence-electron chi connectivity index (χ3n) is 2.58. The van der Waals surface area contributed by atoms with E-state index in [2.05, 4.69) is 18.5 Å². The summed E-state index contributed by atoms with van der Waals surface area (Å²) in [6.45, 7) is 7.90. The molecular weight excluding hydrogens is 198 g/mol. The number of aryl methyl sites for hydroxylation is 1. The van der Waals surface area contributed by atoms with Crippen molar-refractivity contribution >= 4 is 5.78 Å². The summed E-state index contributed by atoms with van der Waals surface area (Å²) in [5.74, 6) is 0.0311. The summed E-state index contributed by atoms with van der Waals surface area (Å²) in [5, 5.41) is 0. The second-order valence-corrected chi connectivity index (χ2v) is 4.08. The van der Waals surface area contributed by atoms with E-state index < -0.39 is 0 Å². The lowest BCUT2D eigenvalue weighted by Crippen LogP contribution is -2.03. The Morgan fingerprint density at radius 3 is 2.69 bits per heavy atom. The molecule has 2 heteroatoms. The lowest BCUT2D eigenvalue weighted by atomic mass is 10.0. The number of rotatable bonds is 6. The zero-order valence-electron chi connectivity index (χ0n) is 10.1. The number of carbonyl (C=O) groups is 1. The maximum atomic E-state index is 11.9. The van der Waals surface area contributed by atoms with Crippen molar-refractivity contribution in [1.82, 2.24) is 4.98 Å². The molecule has 0 saturated heterocycles. The largest absolute Gasteiger partial charge is 0.289 e. The summed E-state index contributed by atoms with van der Waals surface area (Å²) in [7, 11) is 0. The monoisotopic (exact) mass is 217 g/mol. The second-order valence-electron chi connectivity index (χ2n) is 4.08. The second kappa shape index (κ2) is 6.21. The van der Waals surface area contributed by atoms with E-state index in [0.29, 0.717) is 11.1 Å². The first-order valence-electron chi connectivity index (χ1n) is 5.80. The van der Waals surface area contributed by atoms with Crippen LogP contribution in [-0.4, -0.2) is 10.8 Å². The Bertz CT molecular complexity index is 365. The van der Waals surface area contributed by atoms with E-state index in [1.54, 1.807) is 6.20 Å². The minimum atomic E-state index is 0.0311. The number of pyridine rings is 1. The van der Waals surface area contributed by atoms with Crippen molar-refractivity contribution in [3.8, 4) is 0 Å². The number of ketones is 1. The average Bonchev–Trinajstić information content (AvgIpc) is 2.29. The number of allylic oxidation sites excluding steroid dienone is 1. The molecule has 1 aromatic rings. The zero-order chi connectivity index (χ0) is 12.0. The molecule has 0 spiro atoms. The third kappa shape index (κ3) is 3.61. The molecule has 0 bridgehead atoms. The van der Waals surface area contributed by atoms with Crippen molar-refractivity contribution in [2.75, 3.05) is 0 Å². The summed E-state index contributed by atoms with van der Waals surface area (Å²) < 4.78 is 0. The molecule has 1 heterocycles. The van der Waals surface area contributed by atoms with E-state index in [4.69, 9.17) is 0 Å². The molecule has 0 saturated carbocycles. The summed E-state index contributed by atoms with van der Waals surface area (Å²) in [4.78, 5) is 16.0. The van der Waals surface area contributed by atoms with Crippen molar-refractivity contribution in [3.05, 3.63) is 41.7 Å². The molecule has 0 aromatic carbocycles. The van der Waals surface area contributed by atoms with Crippen LogP contribution in [0.25, 0.3) is 0 Å². The van der Waals surface area contributed by atoms with Crippen LogP contribution < -0.4 is 0 Å². The highest BCUT2D eigenvalue weighted by atomic mass is 16.1. The molecule has 1 aromatic heterocycles. The van der Waals surface area contributed by atoms with Gasteiger partial charge in [0, 0.05) is 17.5 Å². The van der Waals surface area contributed by atoms with Gasteiger partial charge in [0.2, 0.25) is 0 Å². The number of unbranched alkanes of at least 4 members (excludes halogenated alkanes) is 2. The normalized spacial score (nSPS) is 10.1. The predicted molar refractivity (Wildman–Crippen MR) is 66.6 cm³/mol. The minimum Gasteiger partial charge on any atom is -0.289 e. The molecular formula is C14H19NO. The fourth-order valence-corrected chi connectivity index (χ4v) is 1.51. The van der Waals surface area contributed by atoms with E-state index >= 15 is 0 Å². The lowest BCUT2D eigenvalue weighted by Gasteiger charge is -2.04. The van der Waals surface area contributed by atoms with Gasteiger partial charge >= 0.3 is 0 Å². The quantitative estimate of drug-likeness (QED) is 0.413. The maximum absolute atomic E-state index is 11.9. The van der Waals surface area contributed by atoms with Gasteiger partial charge in [-0.1, -0.05) is 26.3 Å². The van der Waals surface area contributed by atoms with Crippen molar-refractivity contribution < 1.29 is 4.79 Å². The molecule has 0 aliphatic rings. The van der Waals surface area contributed by atoms with Crippen LogP contribution in [0.15, 0.2) is 30.5 Å². The molecule has 1 rings (SSSR count).